The summed E-state index contributed by atoms with van der Waals surface area (Å²) >= 11 is 0. The largest absolute Gasteiger partial charge is 0.393 e. The number of hydrogen-bond acceptors (Lipinski definition) is 3. The summed E-state index contributed by atoms with van der Waals surface area (Å²) in [5.74, 6) is 0. The van der Waals surface area contributed by atoms with Crippen LogP contribution in [0.3, 0.4) is 0 Å². The van der Waals surface area contributed by atoms with Gasteiger partial charge in [-0.15, -0.1) is 0 Å². The monoisotopic (exact) mass is 160 g/mol. The van der Waals surface area contributed by atoms with Crippen molar-refractivity contribution in [2.75, 3.05) is 6.54 Å². The third-order valence-corrected chi connectivity index (χ3v) is 1.62. The van der Waals surface area contributed by atoms with Crippen molar-refractivity contribution < 1.29 is 5.11 Å². The van der Waals surface area contributed by atoms with Gasteiger partial charge < -0.3 is 16.2 Å². The highest BCUT2D eigenvalue weighted by atomic mass is 16.3. The molecule has 0 amide bonds. The highest BCUT2D eigenvalue weighted by Gasteiger charge is 2.07. The van der Waals surface area contributed by atoms with Gasteiger partial charge in [-0.2, -0.15) is 0 Å². The third-order valence-electron chi connectivity index (χ3n) is 1.62. The fourth-order valence-electron chi connectivity index (χ4n) is 1.13. The Kier molecular flexibility index (Phi) is 5.46. The summed E-state index contributed by atoms with van der Waals surface area (Å²) in [5.41, 5.74) is 5.43. The highest BCUT2D eigenvalue weighted by Crippen LogP contribution is 1.97. The normalized spacial score (nSPS) is 19.4. The summed E-state index contributed by atoms with van der Waals surface area (Å²) in [6.07, 6.45) is 0.548. The van der Waals surface area contributed by atoms with Gasteiger partial charge in [0, 0.05) is 18.6 Å². The molecule has 3 nitrogen and oxygen atoms in total. The summed E-state index contributed by atoms with van der Waals surface area (Å²) in [6.45, 7) is 6.53. The first kappa shape index (κ1) is 10.9. The van der Waals surface area contributed by atoms with Crippen LogP contribution >= 0.6 is 0 Å². The van der Waals surface area contributed by atoms with Gasteiger partial charge in [0.2, 0.25) is 0 Å². The molecule has 0 aromatic rings. The maximum Gasteiger partial charge on any atom is 0.0526 e. The number of hydrogen-bond donors (Lipinski definition) is 3. The first-order chi connectivity index (χ1) is 5.06. The molecule has 4 N–H and O–H groups in total. The summed E-state index contributed by atoms with van der Waals surface area (Å²) < 4.78 is 0. The second-order valence-corrected chi connectivity index (χ2v) is 3.29. The van der Waals surface area contributed by atoms with E-state index in [1.165, 1.54) is 0 Å². The summed E-state index contributed by atoms with van der Waals surface area (Å²) in [5, 5.41) is 12.3. The Morgan fingerprint density at radius 2 is 1.82 bits per heavy atom. The van der Waals surface area contributed by atoms with Gasteiger partial charge in [-0.3, -0.25) is 0 Å². The van der Waals surface area contributed by atoms with Crippen molar-refractivity contribution in [3.8, 4) is 0 Å². The minimum Gasteiger partial charge on any atom is -0.393 e. The van der Waals surface area contributed by atoms with E-state index in [2.05, 4.69) is 12.2 Å². The van der Waals surface area contributed by atoms with Crippen LogP contribution in [0.5, 0.6) is 0 Å². The van der Waals surface area contributed by atoms with Crippen molar-refractivity contribution in [1.82, 2.24) is 5.32 Å². The Hall–Kier alpha value is -0.120. The van der Waals surface area contributed by atoms with Gasteiger partial charge in [-0.1, -0.05) is 0 Å². The van der Waals surface area contributed by atoms with Crippen LogP contribution in [0.4, 0.5) is 0 Å². The number of nitrogens with two attached hydrogens (primary N) is 1. The Bertz CT molecular complexity index is 96.1. The summed E-state index contributed by atoms with van der Waals surface area (Å²) in [6, 6.07) is 0.678. The van der Waals surface area contributed by atoms with E-state index in [1.807, 2.05) is 6.92 Å². The molecular formula is C8H20N2O. The van der Waals surface area contributed by atoms with Crippen LogP contribution in [-0.2, 0) is 0 Å². The van der Waals surface area contributed by atoms with E-state index in [1.54, 1.807) is 6.92 Å². The van der Waals surface area contributed by atoms with Crippen molar-refractivity contribution in [2.45, 2.75) is 45.4 Å². The zero-order valence-corrected chi connectivity index (χ0v) is 7.67. The van der Waals surface area contributed by atoms with E-state index in [0.717, 1.165) is 6.42 Å². The van der Waals surface area contributed by atoms with Gasteiger partial charge >= 0.3 is 0 Å². The van der Waals surface area contributed by atoms with E-state index in [0.29, 0.717) is 18.6 Å². The van der Waals surface area contributed by atoms with Crippen LogP contribution in [-0.4, -0.2) is 29.8 Å². The molecule has 0 heterocycles. The fraction of sp³-hybridized carbons (Fsp3) is 1.00. The highest BCUT2D eigenvalue weighted by molar-refractivity contribution is 4.69. The maximum atomic E-state index is 9.04. The molecule has 0 saturated heterocycles. The van der Waals surface area contributed by atoms with Crippen LogP contribution in [0, 0.1) is 0 Å². The molecule has 3 heteroatoms. The molecule has 0 aliphatic heterocycles. The Balaban J connectivity index is 3.43. The van der Waals surface area contributed by atoms with Crippen molar-refractivity contribution in [1.29, 1.82) is 0 Å². The molecule has 3 unspecified atom stereocenters. The fourth-order valence-corrected chi connectivity index (χ4v) is 1.13. The predicted molar refractivity (Wildman–Crippen MR) is 47.4 cm³/mol. The second kappa shape index (κ2) is 5.52. The predicted octanol–water partition coefficient (Wildman–Crippen LogP) is 0.0826. The van der Waals surface area contributed by atoms with Gasteiger partial charge in [0.1, 0.15) is 0 Å². The molecule has 3 atom stereocenters. The average molecular weight is 160 g/mol. The van der Waals surface area contributed by atoms with Gasteiger partial charge in [-0.05, 0) is 27.2 Å². The third kappa shape index (κ3) is 6.28. The Morgan fingerprint density at radius 3 is 2.18 bits per heavy atom. The number of aliphatic hydroxyl groups is 1. The molecule has 0 aromatic carbocycles. The van der Waals surface area contributed by atoms with E-state index < -0.39 is 0 Å². The first-order valence-electron chi connectivity index (χ1n) is 4.20. The molecule has 68 valence electrons. The zero-order chi connectivity index (χ0) is 8.85. The number of nitrogens with one attached hydrogen (secondary N) is 1. The molecule has 0 bridgehead atoms. The Labute approximate surface area is 69.0 Å². The molecule has 11 heavy (non-hydrogen) atoms. The van der Waals surface area contributed by atoms with Crippen molar-refractivity contribution >= 4 is 0 Å². The van der Waals surface area contributed by atoms with Crippen LogP contribution in [0.1, 0.15) is 27.2 Å². The molecule has 0 saturated carbocycles. The van der Waals surface area contributed by atoms with Crippen molar-refractivity contribution in [2.24, 2.45) is 5.73 Å². The van der Waals surface area contributed by atoms with Crippen LogP contribution in [0.25, 0.3) is 0 Å². The molecule has 0 rings (SSSR count). The van der Waals surface area contributed by atoms with E-state index >= 15 is 0 Å². The van der Waals surface area contributed by atoms with Gasteiger partial charge in [-0.25, -0.2) is 0 Å². The average Bonchev–Trinajstić information content (AvgIpc) is 1.85. The van der Waals surface area contributed by atoms with Crippen molar-refractivity contribution in [3.05, 3.63) is 0 Å². The SMILES string of the molecule is CC(O)CC(C)NC(C)CN. The smallest absolute Gasteiger partial charge is 0.0526 e. The standard InChI is InChI=1S/C8H20N2O/c1-6(4-8(3)11)10-7(2)5-9/h6-8,10-11H,4-5,9H2,1-3H3. The Morgan fingerprint density at radius 1 is 1.27 bits per heavy atom. The van der Waals surface area contributed by atoms with E-state index in [9.17, 15) is 0 Å². The number of rotatable bonds is 5. The topological polar surface area (TPSA) is 58.3 Å². The minimum atomic E-state index is -0.234. The lowest BCUT2D eigenvalue weighted by molar-refractivity contribution is 0.168. The van der Waals surface area contributed by atoms with E-state index in [-0.39, 0.29) is 6.10 Å². The van der Waals surface area contributed by atoms with Gasteiger partial charge in [0.15, 0.2) is 0 Å². The molecule has 0 spiro atoms. The van der Waals surface area contributed by atoms with Gasteiger partial charge in [0.25, 0.3) is 0 Å². The van der Waals surface area contributed by atoms with Crippen molar-refractivity contribution in [3.63, 3.8) is 0 Å². The summed E-state index contributed by atoms with van der Waals surface area (Å²) in [4.78, 5) is 0. The first-order valence-corrected chi connectivity index (χ1v) is 4.20. The molecular weight excluding hydrogens is 140 g/mol. The molecule has 0 aromatic heterocycles. The molecule has 0 aliphatic rings. The molecule has 0 radical (unpaired) electrons. The van der Waals surface area contributed by atoms with Crippen LogP contribution in [0.15, 0.2) is 0 Å². The molecule has 0 fully saturated rings. The second-order valence-electron chi connectivity index (χ2n) is 3.29. The molecule has 0 aliphatic carbocycles. The van der Waals surface area contributed by atoms with Crippen LogP contribution < -0.4 is 11.1 Å². The summed E-state index contributed by atoms with van der Waals surface area (Å²) in [7, 11) is 0. The lowest BCUT2D eigenvalue weighted by Crippen LogP contribution is -2.40. The van der Waals surface area contributed by atoms with Gasteiger partial charge in [0.05, 0.1) is 6.10 Å². The number of aliphatic hydroxyl groups excluding tert-OH is 1. The lowest BCUT2D eigenvalue weighted by Gasteiger charge is -2.19. The zero-order valence-electron chi connectivity index (χ0n) is 7.67. The lowest BCUT2D eigenvalue weighted by atomic mass is 10.1. The quantitative estimate of drug-likeness (QED) is 0.534. The maximum absolute atomic E-state index is 9.04. The van der Waals surface area contributed by atoms with E-state index in [4.69, 9.17) is 10.8 Å². The minimum absolute atomic E-state index is 0.234. The van der Waals surface area contributed by atoms with Crippen LogP contribution in [0.2, 0.25) is 0 Å².